The predicted octanol–water partition coefficient (Wildman–Crippen LogP) is 3.61. The highest BCUT2D eigenvalue weighted by atomic mass is 16.7. The van der Waals surface area contributed by atoms with Crippen LogP contribution in [0.25, 0.3) is 0 Å². The molecule has 45 heavy (non-hydrogen) atoms. The molecule has 0 radical (unpaired) electrons. The molecule has 3 aromatic rings. The van der Waals surface area contributed by atoms with Crippen LogP contribution in [-0.2, 0) is 41.8 Å². The van der Waals surface area contributed by atoms with Gasteiger partial charge in [0.15, 0.2) is 6.29 Å². The third-order valence-electron chi connectivity index (χ3n) is 8.26. The second-order valence-corrected chi connectivity index (χ2v) is 11.4. The Hall–Kier alpha value is -4.13. The zero-order valence-corrected chi connectivity index (χ0v) is 24.9. The minimum atomic E-state index is -1.01. The van der Waals surface area contributed by atoms with Gasteiger partial charge in [0, 0.05) is 31.6 Å². The van der Waals surface area contributed by atoms with Crippen molar-refractivity contribution in [1.82, 2.24) is 10.2 Å². The molecule has 3 amide bonds. The van der Waals surface area contributed by atoms with Crippen LogP contribution in [0.3, 0.4) is 0 Å². The zero-order chi connectivity index (χ0) is 31.2. The maximum absolute atomic E-state index is 13.1. The second kappa shape index (κ2) is 14.3. The lowest BCUT2D eigenvalue weighted by atomic mass is 9.99. The quantitative estimate of drug-likeness (QED) is 0.347. The summed E-state index contributed by atoms with van der Waals surface area (Å²) in [6.07, 6.45) is -1.24. The van der Waals surface area contributed by atoms with E-state index in [-0.39, 0.29) is 31.8 Å². The maximum Gasteiger partial charge on any atom is 0.408 e. The van der Waals surface area contributed by atoms with Gasteiger partial charge in [0.2, 0.25) is 5.91 Å². The molecule has 11 nitrogen and oxygen atoms in total. The smallest absolute Gasteiger partial charge is 0.408 e. The van der Waals surface area contributed by atoms with E-state index in [9.17, 15) is 19.5 Å². The monoisotopic (exact) mass is 615 g/mol. The van der Waals surface area contributed by atoms with Gasteiger partial charge >= 0.3 is 6.09 Å². The van der Waals surface area contributed by atoms with Crippen LogP contribution in [0.15, 0.2) is 78.9 Å². The Bertz CT molecular complexity index is 1460. The van der Waals surface area contributed by atoms with Crippen LogP contribution in [0, 0.1) is 0 Å². The summed E-state index contributed by atoms with van der Waals surface area (Å²) in [5, 5.41) is 12.0. The SMILES string of the molecule is O=C(NC1CC(=O)N(c2ccc([C@H]3O[C@@H](CN4CCOCC4)C[C@@H](c4ccc(CO)cc4)O3)cc2)C1=O)OCc1ccccc1. The highest BCUT2D eigenvalue weighted by Crippen LogP contribution is 2.39. The molecule has 0 spiro atoms. The van der Waals surface area contributed by atoms with E-state index >= 15 is 0 Å². The average molecular weight is 616 g/mol. The van der Waals surface area contributed by atoms with Crippen molar-refractivity contribution in [2.75, 3.05) is 37.7 Å². The summed E-state index contributed by atoms with van der Waals surface area (Å²) in [5.74, 6) is -0.935. The topological polar surface area (TPSA) is 127 Å². The third kappa shape index (κ3) is 7.58. The van der Waals surface area contributed by atoms with Crippen LogP contribution in [0.1, 0.15) is 47.5 Å². The molecular weight excluding hydrogens is 578 g/mol. The minimum absolute atomic E-state index is 0.0271. The number of carbonyl (C=O) groups excluding carboxylic acids is 3. The molecular formula is C34H37N3O8. The molecule has 3 fully saturated rings. The summed E-state index contributed by atoms with van der Waals surface area (Å²) in [5.41, 5.74) is 3.79. The lowest BCUT2D eigenvalue weighted by molar-refractivity contribution is -0.253. The summed E-state index contributed by atoms with van der Waals surface area (Å²) in [6, 6.07) is 22.9. The molecule has 3 saturated heterocycles. The van der Waals surface area contributed by atoms with Crippen molar-refractivity contribution in [1.29, 1.82) is 0 Å². The normalized spacial score (nSPS) is 24.1. The Labute approximate surface area is 261 Å². The van der Waals surface area contributed by atoms with Crippen molar-refractivity contribution in [3.63, 3.8) is 0 Å². The number of nitrogens with zero attached hydrogens (tertiary/aromatic N) is 2. The number of nitrogens with one attached hydrogen (secondary N) is 1. The first-order valence-electron chi connectivity index (χ1n) is 15.2. The van der Waals surface area contributed by atoms with Crippen LogP contribution in [-0.4, -0.2) is 72.9 Å². The Balaban J connectivity index is 1.12. The first kappa shape index (κ1) is 30.9. The van der Waals surface area contributed by atoms with Gasteiger partial charge in [-0.1, -0.05) is 66.7 Å². The highest BCUT2D eigenvalue weighted by molar-refractivity contribution is 6.22. The summed E-state index contributed by atoms with van der Waals surface area (Å²) in [4.78, 5) is 41.8. The number of aliphatic hydroxyl groups is 1. The van der Waals surface area contributed by atoms with Crippen LogP contribution in [0.5, 0.6) is 0 Å². The van der Waals surface area contributed by atoms with Gasteiger partial charge in [0.25, 0.3) is 5.91 Å². The number of aliphatic hydroxyl groups excluding tert-OH is 1. The molecule has 11 heteroatoms. The Morgan fingerprint density at radius 3 is 2.31 bits per heavy atom. The van der Waals surface area contributed by atoms with Gasteiger partial charge in [0.05, 0.1) is 44.1 Å². The van der Waals surface area contributed by atoms with Crippen LogP contribution in [0.4, 0.5) is 10.5 Å². The Kier molecular flexibility index (Phi) is 9.82. The number of benzene rings is 3. The van der Waals surface area contributed by atoms with Gasteiger partial charge in [-0.05, 0) is 28.8 Å². The van der Waals surface area contributed by atoms with Crippen molar-refractivity contribution < 1.29 is 38.4 Å². The number of alkyl carbamates (subject to hydrolysis) is 1. The number of morpholine rings is 1. The van der Waals surface area contributed by atoms with Gasteiger partial charge in [-0.2, -0.15) is 0 Å². The number of imide groups is 1. The van der Waals surface area contributed by atoms with Crippen molar-refractivity contribution >= 4 is 23.6 Å². The molecule has 6 rings (SSSR count). The average Bonchev–Trinajstić information content (AvgIpc) is 3.36. The molecule has 0 saturated carbocycles. The fourth-order valence-electron chi connectivity index (χ4n) is 5.81. The molecule has 0 bridgehead atoms. The molecule has 0 aliphatic carbocycles. The molecule has 4 atom stereocenters. The van der Waals surface area contributed by atoms with Gasteiger partial charge in [-0.25, -0.2) is 9.69 Å². The van der Waals surface area contributed by atoms with E-state index in [0.29, 0.717) is 25.3 Å². The number of ether oxygens (including phenoxy) is 4. The lowest BCUT2D eigenvalue weighted by Crippen LogP contribution is -2.44. The zero-order valence-electron chi connectivity index (χ0n) is 24.9. The molecule has 0 aromatic heterocycles. The van der Waals surface area contributed by atoms with Crippen molar-refractivity contribution in [3.05, 3.63) is 101 Å². The lowest BCUT2D eigenvalue weighted by Gasteiger charge is -2.39. The fraction of sp³-hybridized carbons (Fsp3) is 0.382. The van der Waals surface area contributed by atoms with E-state index in [1.54, 1.807) is 24.3 Å². The second-order valence-electron chi connectivity index (χ2n) is 11.4. The maximum atomic E-state index is 13.1. The number of anilines is 1. The number of hydrogen-bond acceptors (Lipinski definition) is 9. The summed E-state index contributed by atoms with van der Waals surface area (Å²) in [6.45, 7) is 3.84. The van der Waals surface area contributed by atoms with Gasteiger partial charge in [-0.15, -0.1) is 0 Å². The van der Waals surface area contributed by atoms with Crippen molar-refractivity contribution in [2.24, 2.45) is 0 Å². The number of amides is 3. The van der Waals surface area contributed by atoms with E-state index in [1.807, 2.05) is 54.6 Å². The van der Waals surface area contributed by atoms with Gasteiger partial charge in [-0.3, -0.25) is 14.5 Å². The first-order chi connectivity index (χ1) is 22.0. The van der Waals surface area contributed by atoms with E-state index < -0.39 is 30.2 Å². The van der Waals surface area contributed by atoms with Crippen LogP contribution in [0.2, 0.25) is 0 Å². The first-order valence-corrected chi connectivity index (χ1v) is 15.2. The minimum Gasteiger partial charge on any atom is -0.445 e. The number of hydrogen-bond donors (Lipinski definition) is 2. The van der Waals surface area contributed by atoms with Gasteiger partial charge in [0.1, 0.15) is 12.6 Å². The van der Waals surface area contributed by atoms with E-state index in [1.165, 1.54) is 0 Å². The number of rotatable bonds is 9. The summed E-state index contributed by atoms with van der Waals surface area (Å²) in [7, 11) is 0. The summed E-state index contributed by atoms with van der Waals surface area (Å²) >= 11 is 0. The molecule has 3 aromatic carbocycles. The van der Waals surface area contributed by atoms with E-state index in [2.05, 4.69) is 10.2 Å². The number of carbonyl (C=O) groups is 3. The molecule has 2 N–H and O–H groups in total. The van der Waals surface area contributed by atoms with Crippen molar-refractivity contribution in [3.8, 4) is 0 Å². The largest absolute Gasteiger partial charge is 0.445 e. The molecule has 236 valence electrons. The van der Waals surface area contributed by atoms with E-state index in [0.717, 1.165) is 46.8 Å². The fourth-order valence-corrected chi connectivity index (χ4v) is 5.81. The van der Waals surface area contributed by atoms with E-state index in [4.69, 9.17) is 18.9 Å². The highest BCUT2D eigenvalue weighted by Gasteiger charge is 2.41. The Morgan fingerprint density at radius 1 is 0.889 bits per heavy atom. The van der Waals surface area contributed by atoms with Gasteiger partial charge < -0.3 is 29.4 Å². The summed E-state index contributed by atoms with van der Waals surface area (Å²) < 4.78 is 23.6. The predicted molar refractivity (Wildman–Crippen MR) is 163 cm³/mol. The molecule has 3 aliphatic rings. The molecule has 3 heterocycles. The molecule has 1 unspecified atom stereocenters. The van der Waals surface area contributed by atoms with Crippen LogP contribution >= 0.6 is 0 Å². The standard InChI is InChI=1S/C34H37N3O8/c38-21-23-6-8-25(9-7-23)30-18-28(20-36-14-16-42-17-15-36)44-33(45-30)26-10-12-27(13-11-26)37-31(39)19-29(32(37)40)35-34(41)43-22-24-4-2-1-3-5-24/h1-13,28-30,33,38H,14-22H2,(H,35,41)/t28-,29?,30+,33+/m1/s1. The van der Waals surface area contributed by atoms with Crippen molar-refractivity contribution in [2.45, 2.75) is 50.6 Å². The van der Waals surface area contributed by atoms with Crippen LogP contribution < -0.4 is 10.2 Å². The molecule has 3 aliphatic heterocycles. The third-order valence-corrected chi connectivity index (χ3v) is 8.26. The Morgan fingerprint density at radius 2 is 1.60 bits per heavy atom.